The normalized spacial score (nSPS) is 20.6. The number of aromatic nitrogens is 1. The number of quaternary nitrogens is 1. The second kappa shape index (κ2) is 10.7. The third-order valence-corrected chi connectivity index (χ3v) is 8.20. The van der Waals surface area contributed by atoms with Crippen LogP contribution in [-0.2, 0) is 11.3 Å². The van der Waals surface area contributed by atoms with Gasteiger partial charge in [-0.2, -0.15) is 0 Å². The number of rotatable bonds is 5. The van der Waals surface area contributed by atoms with Gasteiger partial charge in [-0.3, -0.25) is 4.79 Å². The first-order valence-corrected chi connectivity index (χ1v) is 13.4. The van der Waals surface area contributed by atoms with E-state index in [0.29, 0.717) is 16.8 Å². The monoisotopic (exact) mass is 507 g/mol. The molecule has 0 aliphatic carbocycles. The molecule has 6 nitrogen and oxygen atoms in total. The fraction of sp³-hybridized carbons (Fsp3) is 0.448. The summed E-state index contributed by atoms with van der Waals surface area (Å²) >= 11 is 6.01. The molecule has 0 saturated carbocycles. The van der Waals surface area contributed by atoms with Gasteiger partial charge in [0.25, 0.3) is 0 Å². The molecule has 0 radical (unpaired) electrons. The quantitative estimate of drug-likeness (QED) is 0.566. The van der Waals surface area contributed by atoms with E-state index in [0.717, 1.165) is 75.7 Å². The number of anilines is 1. The number of hydrogen-bond donors (Lipinski definition) is 1. The number of benzene rings is 2. The van der Waals surface area contributed by atoms with Gasteiger partial charge in [-0.1, -0.05) is 23.7 Å². The average molecular weight is 508 g/mol. The van der Waals surface area contributed by atoms with Crippen LogP contribution >= 0.6 is 11.6 Å². The van der Waals surface area contributed by atoms with E-state index < -0.39 is 0 Å². The van der Waals surface area contributed by atoms with E-state index >= 15 is 0 Å². The number of carbonyl (C=O) groups excluding carboxylic acids is 1. The molecule has 5 rings (SSSR count). The lowest BCUT2D eigenvalue weighted by molar-refractivity contribution is -0.919. The Morgan fingerprint density at radius 3 is 2.42 bits per heavy atom. The highest BCUT2D eigenvalue weighted by Gasteiger charge is 2.33. The minimum atomic E-state index is 0.143. The number of halogens is 1. The Kier molecular flexibility index (Phi) is 7.35. The minimum Gasteiger partial charge on any atom is -0.441 e. The number of nitrogens with one attached hydrogen (secondary N) is 1. The molecule has 0 spiro atoms. The zero-order valence-corrected chi connectivity index (χ0v) is 22.3. The number of hydrogen-bond acceptors (Lipinski definition) is 4. The van der Waals surface area contributed by atoms with E-state index in [1.165, 1.54) is 21.7 Å². The lowest BCUT2D eigenvalue weighted by atomic mass is 9.94. The molecule has 3 heterocycles. The third-order valence-electron chi connectivity index (χ3n) is 7.95. The average Bonchev–Trinajstić information content (AvgIpc) is 3.26. The van der Waals surface area contributed by atoms with Gasteiger partial charge in [-0.15, -0.1) is 0 Å². The number of piperidine rings is 1. The molecule has 2 fully saturated rings. The fourth-order valence-electron chi connectivity index (χ4n) is 5.50. The molecule has 1 amide bonds. The van der Waals surface area contributed by atoms with Gasteiger partial charge in [0, 0.05) is 61.2 Å². The van der Waals surface area contributed by atoms with Crippen LogP contribution in [0.2, 0.25) is 5.02 Å². The van der Waals surface area contributed by atoms with Gasteiger partial charge in [0.2, 0.25) is 11.8 Å². The predicted octanol–water partition coefficient (Wildman–Crippen LogP) is 4.06. The Hall–Kier alpha value is -2.83. The Balaban J connectivity index is 1.12. The molecule has 1 aromatic heterocycles. The van der Waals surface area contributed by atoms with Gasteiger partial charge in [0.15, 0.2) is 0 Å². The van der Waals surface area contributed by atoms with Crippen LogP contribution in [-0.4, -0.2) is 55.1 Å². The lowest BCUT2D eigenvalue weighted by Crippen LogP contribution is -3.12. The maximum Gasteiger partial charge on any atom is 0.226 e. The summed E-state index contributed by atoms with van der Waals surface area (Å²) in [5.74, 6) is 2.00. The summed E-state index contributed by atoms with van der Waals surface area (Å²) < 4.78 is 5.94. The van der Waals surface area contributed by atoms with Crippen molar-refractivity contribution in [1.29, 1.82) is 0 Å². The SMILES string of the molecule is Cc1cccc(N2CCN(C(=O)C3CC[NH+](Cc4nc(-c5ccc(Cl)cc5)oc4C)CC3)CC2)c1C. The third kappa shape index (κ3) is 5.30. The lowest BCUT2D eigenvalue weighted by Gasteiger charge is -2.39. The van der Waals surface area contributed by atoms with E-state index in [1.807, 2.05) is 31.2 Å². The number of aryl methyl sites for hydroxylation is 2. The van der Waals surface area contributed by atoms with E-state index in [2.05, 4.69) is 41.8 Å². The van der Waals surface area contributed by atoms with Crippen molar-refractivity contribution in [2.75, 3.05) is 44.2 Å². The Labute approximate surface area is 218 Å². The predicted molar refractivity (Wildman–Crippen MR) is 144 cm³/mol. The zero-order chi connectivity index (χ0) is 25.2. The van der Waals surface area contributed by atoms with E-state index in [1.54, 1.807) is 0 Å². The summed E-state index contributed by atoms with van der Waals surface area (Å²) in [5.41, 5.74) is 5.91. The topological polar surface area (TPSA) is 54.0 Å². The summed E-state index contributed by atoms with van der Waals surface area (Å²) in [6.45, 7) is 12.6. The maximum absolute atomic E-state index is 13.3. The number of nitrogens with zero attached hydrogens (tertiary/aromatic N) is 3. The van der Waals surface area contributed by atoms with Crippen LogP contribution in [0, 0.1) is 26.7 Å². The van der Waals surface area contributed by atoms with E-state index in [-0.39, 0.29) is 5.92 Å². The Morgan fingerprint density at radius 1 is 1.03 bits per heavy atom. The Bertz CT molecular complexity index is 1210. The maximum atomic E-state index is 13.3. The molecule has 2 aliphatic heterocycles. The van der Waals surface area contributed by atoms with Gasteiger partial charge >= 0.3 is 0 Å². The van der Waals surface area contributed by atoms with Crippen molar-refractivity contribution in [3.8, 4) is 11.5 Å². The van der Waals surface area contributed by atoms with E-state index in [4.69, 9.17) is 21.0 Å². The summed E-state index contributed by atoms with van der Waals surface area (Å²) in [6.07, 6.45) is 1.87. The molecule has 190 valence electrons. The van der Waals surface area contributed by atoms with Gasteiger partial charge in [0.1, 0.15) is 18.0 Å². The van der Waals surface area contributed by atoms with Gasteiger partial charge in [0.05, 0.1) is 13.1 Å². The summed E-state index contributed by atoms with van der Waals surface area (Å²) in [5, 5.41) is 0.701. The van der Waals surface area contributed by atoms with Crippen LogP contribution in [0.3, 0.4) is 0 Å². The van der Waals surface area contributed by atoms with Crippen LogP contribution < -0.4 is 9.80 Å². The van der Waals surface area contributed by atoms with Crippen molar-refractivity contribution in [2.45, 2.75) is 40.2 Å². The minimum absolute atomic E-state index is 0.143. The first-order valence-electron chi connectivity index (χ1n) is 13.0. The number of carbonyl (C=O) groups is 1. The molecule has 0 atom stereocenters. The van der Waals surface area contributed by atoms with Crippen molar-refractivity contribution < 1.29 is 14.1 Å². The largest absolute Gasteiger partial charge is 0.441 e. The van der Waals surface area contributed by atoms with Crippen LogP contribution in [0.1, 0.15) is 35.4 Å². The number of likely N-dealkylation sites (tertiary alicyclic amines) is 1. The molecule has 2 aliphatic rings. The van der Waals surface area contributed by atoms with Crippen LogP contribution in [0.4, 0.5) is 5.69 Å². The fourth-order valence-corrected chi connectivity index (χ4v) is 5.62. The van der Waals surface area contributed by atoms with Crippen LogP contribution in [0.5, 0.6) is 0 Å². The van der Waals surface area contributed by atoms with Crippen LogP contribution in [0.25, 0.3) is 11.5 Å². The highest BCUT2D eigenvalue weighted by molar-refractivity contribution is 6.30. The smallest absolute Gasteiger partial charge is 0.226 e. The molecule has 2 saturated heterocycles. The van der Waals surface area contributed by atoms with Crippen molar-refractivity contribution in [3.63, 3.8) is 0 Å². The van der Waals surface area contributed by atoms with Gasteiger partial charge in [-0.25, -0.2) is 4.98 Å². The second-order valence-corrected chi connectivity index (χ2v) is 10.7. The highest BCUT2D eigenvalue weighted by atomic mass is 35.5. The first-order chi connectivity index (χ1) is 17.4. The molecule has 0 unspecified atom stereocenters. The van der Waals surface area contributed by atoms with Crippen LogP contribution in [0.15, 0.2) is 46.9 Å². The van der Waals surface area contributed by atoms with Crippen molar-refractivity contribution >= 4 is 23.2 Å². The molecule has 1 N–H and O–H groups in total. The molecule has 2 aromatic carbocycles. The number of amides is 1. The first kappa shape index (κ1) is 24.8. The summed E-state index contributed by atoms with van der Waals surface area (Å²) in [4.78, 5) is 24.0. The van der Waals surface area contributed by atoms with Crippen molar-refractivity contribution in [3.05, 3.63) is 70.1 Å². The number of piperazine rings is 1. The number of oxazole rings is 1. The second-order valence-electron chi connectivity index (χ2n) is 10.3. The zero-order valence-electron chi connectivity index (χ0n) is 21.5. The molecular weight excluding hydrogens is 472 g/mol. The molecule has 7 heteroatoms. The molecule has 3 aromatic rings. The molecule has 36 heavy (non-hydrogen) atoms. The van der Waals surface area contributed by atoms with Gasteiger partial charge in [-0.05, 0) is 62.2 Å². The summed E-state index contributed by atoms with van der Waals surface area (Å²) in [6, 6.07) is 14.1. The van der Waals surface area contributed by atoms with Crippen molar-refractivity contribution in [1.82, 2.24) is 9.88 Å². The summed E-state index contributed by atoms with van der Waals surface area (Å²) in [7, 11) is 0. The molecular formula is C29H36ClN4O2+. The standard InChI is InChI=1S/C29H35ClN4O2/c1-20-5-4-6-27(21(20)2)33-15-17-34(18-16-33)29(35)24-11-13-32(14-12-24)19-26-22(3)36-28(31-26)23-7-9-25(30)10-8-23/h4-10,24H,11-19H2,1-3H3/p+1. The highest BCUT2D eigenvalue weighted by Crippen LogP contribution is 2.25. The van der Waals surface area contributed by atoms with E-state index in [9.17, 15) is 4.79 Å². The van der Waals surface area contributed by atoms with Crippen molar-refractivity contribution in [2.24, 2.45) is 5.92 Å². The molecule has 0 bridgehead atoms. The van der Waals surface area contributed by atoms with Gasteiger partial charge < -0.3 is 19.1 Å². The Morgan fingerprint density at radius 2 is 1.72 bits per heavy atom.